The summed E-state index contributed by atoms with van der Waals surface area (Å²) >= 11 is 0. The third-order valence-corrected chi connectivity index (χ3v) is 3.80. The predicted molar refractivity (Wildman–Crippen MR) is 98.0 cm³/mol. The first-order valence-electron chi connectivity index (χ1n) is 8.13. The number of benzene rings is 2. The lowest BCUT2D eigenvalue weighted by Gasteiger charge is -2.13. The smallest absolute Gasteiger partial charge is 0.322 e. The Kier molecular flexibility index (Phi) is 5.39. The third kappa shape index (κ3) is 4.53. The van der Waals surface area contributed by atoms with Crippen molar-refractivity contribution in [1.29, 1.82) is 0 Å². The standard InChI is InChI=1S/C20H14F3N3O2/c21-20(22,23)17-6-2-1-5-16(17)19(28)26-15-9-7-14(8-10-15)25-18(27)13-4-3-11-24-12-13/h1-12H,(H,25,27)(H,26,28). The number of pyridine rings is 1. The molecule has 0 bridgehead atoms. The molecule has 0 spiro atoms. The number of hydrogen-bond acceptors (Lipinski definition) is 3. The van der Waals surface area contributed by atoms with Gasteiger partial charge in [0.15, 0.2) is 0 Å². The number of alkyl halides is 3. The first-order chi connectivity index (χ1) is 13.3. The molecule has 2 amide bonds. The minimum Gasteiger partial charge on any atom is -0.322 e. The van der Waals surface area contributed by atoms with Gasteiger partial charge in [0.1, 0.15) is 0 Å². The Morgan fingerprint density at radius 2 is 1.39 bits per heavy atom. The first-order valence-corrected chi connectivity index (χ1v) is 8.13. The largest absolute Gasteiger partial charge is 0.417 e. The fraction of sp³-hybridized carbons (Fsp3) is 0.0500. The minimum absolute atomic E-state index is 0.293. The van der Waals surface area contributed by atoms with Gasteiger partial charge >= 0.3 is 6.18 Å². The molecule has 0 atom stereocenters. The van der Waals surface area contributed by atoms with E-state index in [0.717, 1.165) is 12.1 Å². The van der Waals surface area contributed by atoms with Crippen molar-refractivity contribution in [3.8, 4) is 0 Å². The van der Waals surface area contributed by atoms with Crippen molar-refractivity contribution in [3.05, 3.63) is 89.7 Å². The summed E-state index contributed by atoms with van der Waals surface area (Å²) < 4.78 is 39.1. The van der Waals surface area contributed by atoms with Gasteiger partial charge in [-0.1, -0.05) is 12.1 Å². The number of amides is 2. The maximum Gasteiger partial charge on any atom is 0.417 e. The number of halogens is 3. The van der Waals surface area contributed by atoms with Crippen molar-refractivity contribution < 1.29 is 22.8 Å². The molecule has 8 heteroatoms. The second-order valence-corrected chi connectivity index (χ2v) is 5.77. The van der Waals surface area contributed by atoms with Crippen molar-refractivity contribution in [2.24, 2.45) is 0 Å². The molecule has 0 fully saturated rings. The van der Waals surface area contributed by atoms with Gasteiger partial charge in [0, 0.05) is 23.8 Å². The highest BCUT2D eigenvalue weighted by atomic mass is 19.4. The van der Waals surface area contributed by atoms with Crippen molar-refractivity contribution in [3.63, 3.8) is 0 Å². The third-order valence-electron chi connectivity index (χ3n) is 3.80. The number of rotatable bonds is 4. The summed E-state index contributed by atoms with van der Waals surface area (Å²) in [4.78, 5) is 28.2. The maximum atomic E-state index is 13.0. The van der Waals surface area contributed by atoms with Crippen LogP contribution < -0.4 is 10.6 Å². The topological polar surface area (TPSA) is 71.1 Å². The first kappa shape index (κ1) is 19.1. The fourth-order valence-electron chi connectivity index (χ4n) is 2.46. The molecule has 0 saturated carbocycles. The van der Waals surface area contributed by atoms with Gasteiger partial charge < -0.3 is 10.6 Å². The fourth-order valence-corrected chi connectivity index (χ4v) is 2.46. The maximum absolute atomic E-state index is 13.0. The van der Waals surface area contributed by atoms with Crippen LogP contribution in [-0.2, 0) is 6.18 Å². The molecule has 28 heavy (non-hydrogen) atoms. The Hall–Kier alpha value is -3.68. The second-order valence-electron chi connectivity index (χ2n) is 5.77. The van der Waals surface area contributed by atoms with Crippen LogP contribution in [0.3, 0.4) is 0 Å². The van der Waals surface area contributed by atoms with Crippen LogP contribution in [0.15, 0.2) is 73.1 Å². The van der Waals surface area contributed by atoms with Crippen molar-refractivity contribution >= 4 is 23.2 Å². The van der Waals surface area contributed by atoms with E-state index < -0.39 is 23.2 Å². The summed E-state index contributed by atoms with van der Waals surface area (Å²) in [6.07, 6.45) is -1.67. The summed E-state index contributed by atoms with van der Waals surface area (Å²) in [6, 6.07) is 13.8. The van der Waals surface area contributed by atoms with E-state index in [0.29, 0.717) is 16.9 Å². The van der Waals surface area contributed by atoms with Gasteiger partial charge in [0.25, 0.3) is 11.8 Å². The number of carbonyl (C=O) groups excluding carboxylic acids is 2. The Balaban J connectivity index is 1.70. The van der Waals surface area contributed by atoms with E-state index in [9.17, 15) is 22.8 Å². The molecule has 2 N–H and O–H groups in total. The van der Waals surface area contributed by atoms with E-state index in [1.165, 1.54) is 42.6 Å². The van der Waals surface area contributed by atoms with E-state index in [-0.39, 0.29) is 5.91 Å². The molecule has 0 unspecified atom stereocenters. The SMILES string of the molecule is O=C(Nc1ccc(NC(=O)c2ccccc2C(F)(F)F)cc1)c1cccnc1. The van der Waals surface area contributed by atoms with Crippen LogP contribution in [0.2, 0.25) is 0 Å². The quantitative estimate of drug-likeness (QED) is 0.689. The molecule has 142 valence electrons. The van der Waals surface area contributed by atoms with Crippen LogP contribution in [0.1, 0.15) is 26.3 Å². The summed E-state index contributed by atoms with van der Waals surface area (Å²) in [5, 5.41) is 5.08. The summed E-state index contributed by atoms with van der Waals surface area (Å²) in [5.41, 5.74) is -0.343. The van der Waals surface area contributed by atoms with Crippen LogP contribution in [0.5, 0.6) is 0 Å². The number of anilines is 2. The van der Waals surface area contributed by atoms with E-state index in [4.69, 9.17) is 0 Å². The van der Waals surface area contributed by atoms with E-state index in [1.807, 2.05) is 0 Å². The molecule has 3 rings (SSSR count). The number of nitrogens with one attached hydrogen (secondary N) is 2. The summed E-state index contributed by atoms with van der Waals surface area (Å²) in [5.74, 6) is -1.23. The lowest BCUT2D eigenvalue weighted by atomic mass is 10.1. The lowest BCUT2D eigenvalue weighted by Crippen LogP contribution is -2.18. The molecule has 1 heterocycles. The average Bonchev–Trinajstić information content (AvgIpc) is 2.69. The van der Waals surface area contributed by atoms with Gasteiger partial charge in [0.2, 0.25) is 0 Å². The van der Waals surface area contributed by atoms with Gasteiger partial charge in [-0.3, -0.25) is 14.6 Å². The zero-order valence-electron chi connectivity index (χ0n) is 14.3. The number of aromatic nitrogens is 1. The molecule has 0 saturated heterocycles. The molecule has 2 aromatic carbocycles. The second kappa shape index (κ2) is 7.91. The molecule has 3 aromatic rings. The van der Waals surface area contributed by atoms with Crippen LogP contribution in [-0.4, -0.2) is 16.8 Å². The van der Waals surface area contributed by atoms with Gasteiger partial charge in [-0.2, -0.15) is 13.2 Å². The normalized spacial score (nSPS) is 11.0. The Bertz CT molecular complexity index is 988. The van der Waals surface area contributed by atoms with E-state index >= 15 is 0 Å². The number of carbonyl (C=O) groups is 2. The monoisotopic (exact) mass is 385 g/mol. The van der Waals surface area contributed by atoms with E-state index in [1.54, 1.807) is 18.3 Å². The predicted octanol–water partition coefficient (Wildman–Crippen LogP) is 4.61. The highest BCUT2D eigenvalue weighted by molar-refractivity contribution is 6.06. The highest BCUT2D eigenvalue weighted by Crippen LogP contribution is 2.32. The van der Waals surface area contributed by atoms with Crippen LogP contribution >= 0.6 is 0 Å². The molecule has 1 aromatic heterocycles. The van der Waals surface area contributed by atoms with Gasteiger partial charge in [0.05, 0.1) is 16.7 Å². The van der Waals surface area contributed by atoms with Crippen LogP contribution in [0, 0.1) is 0 Å². The highest BCUT2D eigenvalue weighted by Gasteiger charge is 2.34. The van der Waals surface area contributed by atoms with Crippen LogP contribution in [0.25, 0.3) is 0 Å². The Morgan fingerprint density at radius 1 is 0.786 bits per heavy atom. The molecule has 0 aliphatic heterocycles. The number of hydrogen-bond donors (Lipinski definition) is 2. The zero-order valence-corrected chi connectivity index (χ0v) is 14.3. The Labute approximate surface area is 158 Å². The lowest BCUT2D eigenvalue weighted by molar-refractivity contribution is -0.137. The van der Waals surface area contributed by atoms with E-state index in [2.05, 4.69) is 15.6 Å². The van der Waals surface area contributed by atoms with Gasteiger partial charge in [-0.05, 0) is 48.5 Å². The average molecular weight is 385 g/mol. The summed E-state index contributed by atoms with van der Waals surface area (Å²) in [7, 11) is 0. The number of nitrogens with zero attached hydrogens (tertiary/aromatic N) is 1. The Morgan fingerprint density at radius 3 is 1.96 bits per heavy atom. The zero-order chi connectivity index (χ0) is 20.1. The molecule has 0 aliphatic carbocycles. The molecular weight excluding hydrogens is 371 g/mol. The molecular formula is C20H14F3N3O2. The van der Waals surface area contributed by atoms with Gasteiger partial charge in [-0.15, -0.1) is 0 Å². The van der Waals surface area contributed by atoms with Crippen molar-refractivity contribution in [2.45, 2.75) is 6.18 Å². The van der Waals surface area contributed by atoms with Crippen molar-refractivity contribution in [2.75, 3.05) is 10.6 Å². The molecule has 5 nitrogen and oxygen atoms in total. The summed E-state index contributed by atoms with van der Waals surface area (Å²) in [6.45, 7) is 0. The van der Waals surface area contributed by atoms with Crippen molar-refractivity contribution in [1.82, 2.24) is 4.98 Å². The van der Waals surface area contributed by atoms with Gasteiger partial charge in [-0.25, -0.2) is 0 Å². The van der Waals surface area contributed by atoms with Crippen LogP contribution in [0.4, 0.5) is 24.5 Å². The minimum atomic E-state index is -4.63. The molecule has 0 radical (unpaired) electrons. The molecule has 0 aliphatic rings.